The van der Waals surface area contributed by atoms with Crippen molar-refractivity contribution in [3.8, 4) is 0 Å². The number of benzene rings is 4. The lowest BCUT2D eigenvalue weighted by atomic mass is 9.92. The normalized spacial score (nSPS) is 12.1. The van der Waals surface area contributed by atoms with Crippen molar-refractivity contribution in [2.45, 2.75) is 171 Å². The van der Waals surface area contributed by atoms with E-state index in [1.165, 1.54) is 45.9 Å². The molecule has 1 aliphatic rings. The summed E-state index contributed by atoms with van der Waals surface area (Å²) in [4.78, 5) is 62.9. The Hall–Kier alpha value is -7.24. The van der Waals surface area contributed by atoms with Crippen LogP contribution in [0.2, 0.25) is 26.2 Å². The number of hydrogen-bond acceptors (Lipinski definition) is 17. The van der Waals surface area contributed by atoms with Crippen LogP contribution in [0.3, 0.4) is 0 Å². The monoisotopic (exact) mass is 1490 g/mol. The van der Waals surface area contributed by atoms with E-state index in [0.29, 0.717) is 23.7 Å². The molecule has 99 heavy (non-hydrogen) atoms. The molecule has 0 bridgehead atoms. The number of aliphatic imine (C=N–C) groups is 1. The number of carbonyl (C=O) groups excluding carboxylic acids is 3. The van der Waals surface area contributed by atoms with Gasteiger partial charge in [0.1, 0.15) is 21.7 Å². The zero-order valence-electron chi connectivity index (χ0n) is 59.7. The summed E-state index contributed by atoms with van der Waals surface area (Å²) in [5.41, 5.74) is 25.2. The molecule has 4 aromatic heterocycles. The summed E-state index contributed by atoms with van der Waals surface area (Å²) in [5.74, 6) is 10.0. The number of hydrazine groups is 1. The average molecular weight is 1490 g/mol. The second kappa shape index (κ2) is 39.7. The Kier molecular flexibility index (Phi) is 33.7. The van der Waals surface area contributed by atoms with Crippen LogP contribution < -0.4 is 43.6 Å². The highest BCUT2D eigenvalue weighted by Gasteiger charge is 2.25. The van der Waals surface area contributed by atoms with Gasteiger partial charge < -0.3 is 32.7 Å². The first-order valence-corrected chi connectivity index (χ1v) is 35.1. The Morgan fingerprint density at radius 1 is 0.545 bits per heavy atom. The Morgan fingerprint density at radius 3 is 1.21 bits per heavy atom. The van der Waals surface area contributed by atoms with E-state index in [-0.39, 0.29) is 84.2 Å². The molecule has 0 saturated heterocycles. The van der Waals surface area contributed by atoms with Gasteiger partial charge in [0, 0.05) is 61.7 Å². The summed E-state index contributed by atoms with van der Waals surface area (Å²) in [5, 5.41) is 17.9. The summed E-state index contributed by atoms with van der Waals surface area (Å²) >= 11 is 39.5. The molecular weight excluding hydrogens is 1400 g/mol. The second-order valence-electron chi connectivity index (χ2n) is 25.4. The number of nitrogens with zero attached hydrogens (tertiary/aromatic N) is 10. The van der Waals surface area contributed by atoms with Gasteiger partial charge in [0.15, 0.2) is 17.3 Å². The van der Waals surface area contributed by atoms with Gasteiger partial charge in [-0.25, -0.2) is 30.8 Å². The summed E-state index contributed by atoms with van der Waals surface area (Å²) in [6.45, 7) is 36.9. The van der Waals surface area contributed by atoms with Crippen molar-refractivity contribution in [3.05, 3.63) is 184 Å². The van der Waals surface area contributed by atoms with Crippen LogP contribution in [0.1, 0.15) is 246 Å². The molecule has 20 nitrogen and oxygen atoms in total. The van der Waals surface area contributed by atoms with E-state index in [4.69, 9.17) is 98.5 Å². The minimum atomic E-state index is -0.702. The molecule has 0 radical (unpaired) electrons. The SMILES string of the molecule is CC(C)c1cccc(C(C)C)c1N.CC(C)c1cccc(C(C)C)c1NC(=O)c1cnc(Cl)nc1Cl.CC(C)c1cccc(C(C)C)c1NC(=O)c1cnc(Cl)nc1N(C)N.CC(C)c1cccc(C(C)C)c1Nc1nn(C)c2c1C=NC(Cl)N2.CCN.O=C(Cl)c1cnc(Cl)nc1Cl. The van der Waals surface area contributed by atoms with Gasteiger partial charge in [-0.1, -0.05) is 225 Å². The van der Waals surface area contributed by atoms with Crippen LogP contribution >= 0.6 is 81.2 Å². The molecule has 4 aromatic carbocycles. The van der Waals surface area contributed by atoms with Crippen LogP contribution in [-0.4, -0.2) is 82.2 Å². The number of nitrogens with one attached hydrogen (secondary N) is 4. The fourth-order valence-corrected chi connectivity index (χ4v) is 11.4. The second-order valence-corrected chi connectivity index (χ2v) is 27.9. The van der Waals surface area contributed by atoms with E-state index in [1.807, 2.05) is 50.4 Å². The number of fused-ring (bicyclic) bond motifs is 1. The highest BCUT2D eigenvalue weighted by atomic mass is 35.5. The molecule has 1 atom stereocenters. The lowest BCUT2D eigenvalue weighted by molar-refractivity contribution is 0.101. The van der Waals surface area contributed by atoms with Crippen LogP contribution in [0.25, 0.3) is 0 Å². The van der Waals surface area contributed by atoms with Crippen LogP contribution in [-0.2, 0) is 7.05 Å². The molecule has 1 unspecified atom stereocenters. The van der Waals surface area contributed by atoms with Crippen molar-refractivity contribution in [1.82, 2.24) is 39.7 Å². The number of aromatic nitrogens is 8. The number of halogens is 7. The third-order valence-electron chi connectivity index (χ3n) is 15.1. The summed E-state index contributed by atoms with van der Waals surface area (Å²) in [6.07, 6.45) is 5.68. The number of amides is 2. The fourth-order valence-electron chi connectivity index (χ4n) is 10.1. The summed E-state index contributed by atoms with van der Waals surface area (Å²) < 4.78 is 1.80. The van der Waals surface area contributed by atoms with Crippen LogP contribution in [0.15, 0.2) is 96.4 Å². The highest BCUT2D eigenvalue weighted by Crippen LogP contribution is 2.39. The van der Waals surface area contributed by atoms with E-state index in [1.54, 1.807) is 17.9 Å². The molecule has 0 aliphatic carbocycles. The topological polar surface area (TPSA) is 288 Å². The average Bonchev–Trinajstić information content (AvgIpc) is 1.66. The molecule has 5 heterocycles. The van der Waals surface area contributed by atoms with Crippen molar-refractivity contribution in [2.75, 3.05) is 45.6 Å². The maximum absolute atomic E-state index is 12.9. The maximum atomic E-state index is 12.9. The first-order chi connectivity index (χ1) is 46.5. The van der Waals surface area contributed by atoms with Crippen molar-refractivity contribution in [1.29, 1.82) is 0 Å². The number of rotatable bonds is 16. The Morgan fingerprint density at radius 2 is 0.869 bits per heavy atom. The zero-order valence-corrected chi connectivity index (χ0v) is 65.0. The number of aryl methyl sites for hydroxylation is 1. The highest BCUT2D eigenvalue weighted by molar-refractivity contribution is 6.68. The fraction of sp³-hybridized carbons (Fsp3) is 0.403. The van der Waals surface area contributed by atoms with Gasteiger partial charge in [0.05, 0.1) is 16.7 Å². The minimum Gasteiger partial charge on any atom is -0.398 e. The van der Waals surface area contributed by atoms with Crippen molar-refractivity contribution < 1.29 is 14.4 Å². The lowest BCUT2D eigenvalue weighted by Crippen LogP contribution is -2.30. The molecule has 534 valence electrons. The Balaban J connectivity index is 0.000000267. The zero-order chi connectivity index (χ0) is 74.4. The van der Waals surface area contributed by atoms with Gasteiger partial charge >= 0.3 is 0 Å². The van der Waals surface area contributed by atoms with E-state index >= 15 is 0 Å². The third-order valence-corrected chi connectivity index (χ3v) is 16.7. The van der Waals surface area contributed by atoms with Crippen LogP contribution in [0.5, 0.6) is 0 Å². The molecule has 0 saturated carbocycles. The number of carbonyl (C=O) groups is 3. The number of alkyl halides is 1. The smallest absolute Gasteiger partial charge is 0.261 e. The predicted octanol–water partition coefficient (Wildman–Crippen LogP) is 19.6. The maximum Gasteiger partial charge on any atom is 0.261 e. The molecule has 0 spiro atoms. The van der Waals surface area contributed by atoms with Crippen molar-refractivity contribution >= 4 is 145 Å². The Labute approximate surface area is 618 Å². The summed E-state index contributed by atoms with van der Waals surface area (Å²) in [7, 11) is 3.49. The quantitative estimate of drug-likeness (QED) is 0.00692. The molecule has 8 aromatic rings. The van der Waals surface area contributed by atoms with Gasteiger partial charge in [-0.05, 0) is 145 Å². The molecule has 2 amide bonds. The number of hydrogen-bond donors (Lipinski definition) is 7. The molecule has 0 fully saturated rings. The standard InChI is InChI=1S/C18H24ClN5O.C18H24ClN5.C17H19Cl2N3O.C12H19N.C5HCl3N2O.C2H7N/c1-10(2)12-7-6-8-13(11(3)4)15(12)22-17(25)14-9-21-18(19)23-16(14)24(5)20;1-10(2)12-7-6-8-13(11(3)4)15(12)21-16-14-9-20-18(19)22-17(14)24(5)23-16;1-9(2)11-6-5-7-12(10(3)4)14(11)21-16(23)13-8-20-17(19)22-15(13)18;1-8(2)10-6-5-7-11(9(3)4)12(10)13;6-3-2(4(7)11)1-9-5(8)10-3;1-2-3/h6-11H,20H2,1-5H3,(H,22,25);6-11,18,22H,1-5H3,(H,21,23);5-10H,1-4H3,(H,21,23);5-9H,13H2,1-4H3;1H;2-3H2,1H3. The van der Waals surface area contributed by atoms with Crippen molar-refractivity contribution in [2.24, 2.45) is 23.6 Å². The van der Waals surface area contributed by atoms with Gasteiger partial charge in [-0.15, -0.1) is 0 Å². The van der Waals surface area contributed by atoms with Gasteiger partial charge in [0.25, 0.3) is 17.1 Å². The first-order valence-electron chi connectivity index (χ1n) is 32.4. The van der Waals surface area contributed by atoms with E-state index in [2.05, 4.69) is 208 Å². The number of nitrogens with two attached hydrogens (primary N) is 3. The van der Waals surface area contributed by atoms with Gasteiger partial charge in [-0.3, -0.25) is 29.1 Å². The van der Waals surface area contributed by atoms with Gasteiger partial charge in [0.2, 0.25) is 15.9 Å². The first kappa shape index (κ1) is 84.2. The lowest BCUT2D eigenvalue weighted by Gasteiger charge is -2.21. The molecule has 10 N–H and O–H groups in total. The van der Waals surface area contributed by atoms with E-state index in [9.17, 15) is 14.4 Å². The molecular formula is C72H94Cl7N17O3. The molecule has 1 aliphatic heterocycles. The Bertz CT molecular complexity index is 3940. The van der Waals surface area contributed by atoms with Crippen LogP contribution in [0.4, 0.5) is 40.2 Å². The predicted molar refractivity (Wildman–Crippen MR) is 415 cm³/mol. The minimum absolute atomic E-state index is 0.0111. The molecule has 27 heteroatoms. The van der Waals surface area contributed by atoms with Crippen LogP contribution in [0, 0.1) is 0 Å². The largest absolute Gasteiger partial charge is 0.398 e. The number of nitrogen functional groups attached to an aromatic ring is 1. The van der Waals surface area contributed by atoms with E-state index in [0.717, 1.165) is 68.7 Å². The van der Waals surface area contributed by atoms with Gasteiger partial charge in [-0.2, -0.15) is 10.1 Å². The number of anilines is 7. The molecule has 9 rings (SSSR count). The number of para-hydroxylation sites is 4. The van der Waals surface area contributed by atoms with E-state index < -0.39 is 10.9 Å². The van der Waals surface area contributed by atoms with Crippen molar-refractivity contribution in [3.63, 3.8) is 0 Å². The third kappa shape index (κ3) is 24.0. The summed E-state index contributed by atoms with van der Waals surface area (Å²) in [6, 6.07) is 24.9.